The highest BCUT2D eigenvalue weighted by atomic mass is 19.1. The summed E-state index contributed by atoms with van der Waals surface area (Å²) in [6.45, 7) is 0. The number of rotatable bonds is 1. The van der Waals surface area contributed by atoms with Crippen molar-refractivity contribution in [2.75, 3.05) is 0 Å². The molecule has 29 heavy (non-hydrogen) atoms. The molecule has 3 aromatic carbocycles. The van der Waals surface area contributed by atoms with E-state index in [1.165, 1.54) is 18.2 Å². The van der Waals surface area contributed by atoms with Crippen LogP contribution in [0.15, 0.2) is 72.8 Å². The average Bonchev–Trinajstić information content (AvgIpc) is 3.16. The third-order valence-electron chi connectivity index (χ3n) is 4.30. The van der Waals surface area contributed by atoms with Crippen LogP contribution < -0.4 is 0 Å². The molecule has 0 bridgehead atoms. The van der Waals surface area contributed by atoms with Gasteiger partial charge in [-0.1, -0.05) is 29.9 Å². The minimum atomic E-state index is -1.46. The molecule has 0 spiro atoms. The summed E-state index contributed by atoms with van der Waals surface area (Å²) in [6.07, 6.45) is 0. The van der Waals surface area contributed by atoms with Gasteiger partial charge in [-0.15, -0.1) is 0 Å². The topological polar surface area (TPSA) is 32.9 Å². The van der Waals surface area contributed by atoms with E-state index < -0.39 is 12.0 Å². The number of H-pyrrole nitrogens is 1. The Kier molecular flexibility index (Phi) is 4.93. The Morgan fingerprint density at radius 2 is 1.24 bits per heavy atom. The first-order valence-electron chi connectivity index (χ1n) is 8.79. The lowest BCUT2D eigenvalue weighted by molar-refractivity contribution is 0.0836. The van der Waals surface area contributed by atoms with Gasteiger partial charge in [0.15, 0.2) is 5.95 Å². The van der Waals surface area contributed by atoms with Crippen molar-refractivity contribution in [1.82, 2.24) is 4.98 Å². The monoisotopic (exact) mass is 381 g/mol. The van der Waals surface area contributed by atoms with Crippen LogP contribution in [0.2, 0.25) is 0 Å². The molecule has 0 atom stereocenters. The smallest absolute Gasteiger partial charge is 0.325 e. The molecule has 0 unspecified atom stereocenters. The van der Waals surface area contributed by atoms with Crippen molar-refractivity contribution in [3.05, 3.63) is 107 Å². The molecular formula is C25H13F2NO. The Bertz CT molecular complexity index is 1340. The number of aromatic amines is 1. The molecule has 2 nitrogen and oxygen atoms in total. The number of carbonyl (C=O) groups is 1. The lowest BCUT2D eigenvalue weighted by atomic mass is 10.0. The summed E-state index contributed by atoms with van der Waals surface area (Å²) in [5.74, 6) is 11.6. The van der Waals surface area contributed by atoms with E-state index in [1.54, 1.807) is 18.2 Å². The molecule has 138 valence electrons. The molecule has 4 heteroatoms. The van der Waals surface area contributed by atoms with Gasteiger partial charge in [0.2, 0.25) is 0 Å². The Labute approximate surface area is 166 Å². The number of fused-ring (bicyclic) bond motifs is 1. The highest BCUT2D eigenvalue weighted by Crippen LogP contribution is 2.18. The fourth-order valence-corrected chi connectivity index (χ4v) is 2.81. The van der Waals surface area contributed by atoms with Crippen molar-refractivity contribution in [3.8, 4) is 23.7 Å². The molecule has 4 aromatic rings. The van der Waals surface area contributed by atoms with Gasteiger partial charge in [-0.25, -0.2) is 0 Å². The fraction of sp³-hybridized carbons (Fsp3) is 0. The van der Waals surface area contributed by atoms with Gasteiger partial charge < -0.3 is 4.98 Å². The standard InChI is InChI=1S/C25H13F2NO/c26-24-14-13-23(28-24)12-7-19-6-11-21-15-18(5-10-22(21)16-19)2-1-17-3-8-20(9-4-17)25(27)29/h3-6,8-11,13-16,28H. The molecule has 0 saturated heterocycles. The number of nitrogens with one attached hydrogen (secondary N) is 1. The minimum Gasteiger partial charge on any atom is -0.325 e. The van der Waals surface area contributed by atoms with Gasteiger partial charge in [0.1, 0.15) is 0 Å². The second kappa shape index (κ2) is 7.84. The maximum atomic E-state index is 13.0. The molecule has 1 aromatic heterocycles. The molecule has 4 rings (SSSR count). The van der Waals surface area contributed by atoms with Gasteiger partial charge in [-0.2, -0.15) is 8.78 Å². The number of benzene rings is 3. The summed E-state index contributed by atoms with van der Waals surface area (Å²) in [6, 6.07) is 19.2. The summed E-state index contributed by atoms with van der Waals surface area (Å²) in [4.78, 5) is 13.2. The van der Waals surface area contributed by atoms with Gasteiger partial charge in [0.25, 0.3) is 0 Å². The van der Waals surface area contributed by atoms with Gasteiger partial charge in [-0.05, 0) is 77.4 Å². The molecule has 0 amide bonds. The molecule has 0 aliphatic rings. The lowest BCUT2D eigenvalue weighted by Crippen LogP contribution is -1.88. The maximum absolute atomic E-state index is 13.0. The van der Waals surface area contributed by atoms with Crippen LogP contribution in [0.4, 0.5) is 8.78 Å². The average molecular weight is 381 g/mol. The van der Waals surface area contributed by atoms with Crippen LogP contribution in [0.5, 0.6) is 0 Å². The molecule has 0 aliphatic heterocycles. The zero-order valence-corrected chi connectivity index (χ0v) is 15.1. The summed E-state index contributed by atoms with van der Waals surface area (Å²) in [5, 5.41) is 2.04. The summed E-state index contributed by atoms with van der Waals surface area (Å²) < 4.78 is 25.6. The van der Waals surface area contributed by atoms with E-state index in [-0.39, 0.29) is 5.56 Å². The van der Waals surface area contributed by atoms with Crippen LogP contribution in [-0.4, -0.2) is 11.0 Å². The van der Waals surface area contributed by atoms with E-state index in [4.69, 9.17) is 0 Å². The zero-order valence-electron chi connectivity index (χ0n) is 15.1. The van der Waals surface area contributed by atoms with Crippen LogP contribution in [0.3, 0.4) is 0 Å². The Morgan fingerprint density at radius 3 is 1.79 bits per heavy atom. The van der Waals surface area contributed by atoms with E-state index in [0.717, 1.165) is 21.9 Å². The van der Waals surface area contributed by atoms with Crippen molar-refractivity contribution in [2.45, 2.75) is 0 Å². The van der Waals surface area contributed by atoms with E-state index in [2.05, 4.69) is 28.7 Å². The molecule has 0 saturated carbocycles. The zero-order chi connectivity index (χ0) is 20.2. The van der Waals surface area contributed by atoms with Gasteiger partial charge in [0, 0.05) is 16.7 Å². The normalized spacial score (nSPS) is 10.0. The number of carbonyl (C=O) groups excluding carboxylic acids is 1. The first kappa shape index (κ1) is 18.2. The van der Waals surface area contributed by atoms with E-state index in [1.807, 2.05) is 36.4 Å². The van der Waals surface area contributed by atoms with Crippen molar-refractivity contribution in [1.29, 1.82) is 0 Å². The number of aromatic nitrogens is 1. The highest BCUT2D eigenvalue weighted by molar-refractivity contribution is 5.88. The second-order valence-corrected chi connectivity index (χ2v) is 6.35. The number of hydrogen-bond acceptors (Lipinski definition) is 1. The largest absolute Gasteiger partial charge is 0.332 e. The molecule has 0 radical (unpaired) electrons. The van der Waals surface area contributed by atoms with Crippen molar-refractivity contribution < 1.29 is 13.6 Å². The molecule has 0 fully saturated rings. The molecular weight excluding hydrogens is 368 g/mol. The Balaban J connectivity index is 1.56. The van der Waals surface area contributed by atoms with Gasteiger partial charge >= 0.3 is 6.04 Å². The Hall–Kier alpha value is -4.15. The maximum Gasteiger partial charge on any atom is 0.332 e. The third-order valence-corrected chi connectivity index (χ3v) is 4.30. The lowest BCUT2D eigenvalue weighted by Gasteiger charge is -2.00. The van der Waals surface area contributed by atoms with E-state index in [9.17, 15) is 13.6 Å². The first-order chi connectivity index (χ1) is 14.1. The molecule has 1 N–H and O–H groups in total. The summed E-state index contributed by atoms with van der Waals surface area (Å²) in [5.41, 5.74) is 2.90. The van der Waals surface area contributed by atoms with E-state index >= 15 is 0 Å². The highest BCUT2D eigenvalue weighted by Gasteiger charge is 2.01. The fourth-order valence-electron chi connectivity index (χ4n) is 2.81. The van der Waals surface area contributed by atoms with Crippen LogP contribution in [0.1, 0.15) is 32.7 Å². The predicted molar refractivity (Wildman–Crippen MR) is 109 cm³/mol. The third kappa shape index (κ3) is 4.40. The minimum absolute atomic E-state index is 0.0153. The van der Waals surface area contributed by atoms with E-state index in [0.29, 0.717) is 11.3 Å². The van der Waals surface area contributed by atoms with Crippen LogP contribution in [-0.2, 0) is 0 Å². The van der Waals surface area contributed by atoms with Crippen molar-refractivity contribution in [3.63, 3.8) is 0 Å². The van der Waals surface area contributed by atoms with Crippen LogP contribution in [0.25, 0.3) is 10.8 Å². The van der Waals surface area contributed by atoms with Crippen molar-refractivity contribution in [2.24, 2.45) is 0 Å². The van der Waals surface area contributed by atoms with Crippen LogP contribution in [0, 0.1) is 29.6 Å². The summed E-state index contributed by atoms with van der Waals surface area (Å²) >= 11 is 0. The number of halogens is 2. The first-order valence-corrected chi connectivity index (χ1v) is 8.79. The number of hydrogen-bond donors (Lipinski definition) is 1. The molecule has 1 heterocycles. The van der Waals surface area contributed by atoms with Gasteiger partial charge in [0.05, 0.1) is 11.3 Å². The van der Waals surface area contributed by atoms with Gasteiger partial charge in [-0.3, -0.25) is 4.79 Å². The second-order valence-electron chi connectivity index (χ2n) is 6.35. The quantitative estimate of drug-likeness (QED) is 0.356. The SMILES string of the molecule is O=C(F)c1ccc(C#Cc2ccc3cc(C#Cc4ccc(F)[nH]4)ccc3c2)cc1. The van der Waals surface area contributed by atoms with Crippen LogP contribution >= 0.6 is 0 Å². The Morgan fingerprint density at radius 1 is 0.690 bits per heavy atom. The predicted octanol–water partition coefficient (Wildman–Crippen LogP) is 5.22. The molecule has 0 aliphatic carbocycles. The van der Waals surface area contributed by atoms with Crippen molar-refractivity contribution >= 4 is 16.8 Å². The summed E-state index contributed by atoms with van der Waals surface area (Å²) in [7, 11) is 0.